The number of carbonyl (C=O) groups is 1. The van der Waals surface area contributed by atoms with Crippen LogP contribution in [0.1, 0.15) is 5.56 Å². The molecule has 4 nitrogen and oxygen atoms in total. The van der Waals surface area contributed by atoms with Crippen molar-refractivity contribution in [1.29, 1.82) is 0 Å². The molecule has 5 heteroatoms. The Morgan fingerprint density at radius 2 is 1.86 bits per heavy atom. The monoisotopic (exact) mass is 410 g/mol. The summed E-state index contributed by atoms with van der Waals surface area (Å²) in [5.41, 5.74) is 2.00. The van der Waals surface area contributed by atoms with Gasteiger partial charge in [0.25, 0.3) is 0 Å². The normalized spacial score (nSPS) is 10.5. The number of hydrogen-bond acceptors (Lipinski definition) is 3. The predicted molar refractivity (Wildman–Crippen MR) is 97.1 cm³/mol. The van der Waals surface area contributed by atoms with Crippen LogP contribution < -0.4 is 10.1 Å². The second-order valence-electron chi connectivity index (χ2n) is 5.05. The van der Waals surface area contributed by atoms with Crippen LogP contribution in [0.15, 0.2) is 48.5 Å². The summed E-state index contributed by atoms with van der Waals surface area (Å²) in [4.78, 5) is 14.1. The Labute approximate surface area is 144 Å². The van der Waals surface area contributed by atoms with Crippen LogP contribution in [0.4, 0.5) is 5.69 Å². The smallest absolute Gasteiger partial charge is 0.238 e. The minimum atomic E-state index is -0.0138. The van der Waals surface area contributed by atoms with Crippen molar-refractivity contribution < 1.29 is 9.53 Å². The Morgan fingerprint density at radius 3 is 2.50 bits per heavy atom. The van der Waals surface area contributed by atoms with E-state index in [-0.39, 0.29) is 5.91 Å². The van der Waals surface area contributed by atoms with Gasteiger partial charge in [-0.05, 0) is 59.5 Å². The Morgan fingerprint density at radius 1 is 1.18 bits per heavy atom. The molecule has 0 heterocycles. The molecule has 116 valence electrons. The number of ether oxygens (including phenoxy) is 1. The first kappa shape index (κ1) is 16.8. The third kappa shape index (κ3) is 4.99. The number of para-hydroxylation sites is 1. The van der Waals surface area contributed by atoms with Crippen molar-refractivity contribution in [3.8, 4) is 5.75 Å². The number of hydrogen-bond donors (Lipinski definition) is 1. The molecular formula is C17H19IN2O2. The highest BCUT2D eigenvalue weighted by Crippen LogP contribution is 2.17. The minimum Gasteiger partial charge on any atom is -0.497 e. The largest absolute Gasteiger partial charge is 0.497 e. The lowest BCUT2D eigenvalue weighted by atomic mass is 10.2. The van der Waals surface area contributed by atoms with Gasteiger partial charge in [-0.25, -0.2) is 0 Å². The van der Waals surface area contributed by atoms with E-state index in [0.717, 1.165) is 20.6 Å². The van der Waals surface area contributed by atoms with Crippen molar-refractivity contribution in [1.82, 2.24) is 4.90 Å². The Bertz CT molecular complexity index is 629. The summed E-state index contributed by atoms with van der Waals surface area (Å²) >= 11 is 2.21. The first-order valence-electron chi connectivity index (χ1n) is 6.94. The van der Waals surface area contributed by atoms with Gasteiger partial charge in [-0.15, -0.1) is 0 Å². The van der Waals surface area contributed by atoms with Crippen molar-refractivity contribution in [2.24, 2.45) is 0 Å². The lowest BCUT2D eigenvalue weighted by Gasteiger charge is -2.17. The first-order chi connectivity index (χ1) is 10.6. The van der Waals surface area contributed by atoms with E-state index in [4.69, 9.17) is 4.74 Å². The molecule has 0 saturated heterocycles. The zero-order valence-electron chi connectivity index (χ0n) is 12.7. The highest BCUT2D eigenvalue weighted by molar-refractivity contribution is 14.1. The first-order valence-corrected chi connectivity index (χ1v) is 8.02. The summed E-state index contributed by atoms with van der Waals surface area (Å²) in [6.07, 6.45) is 0. The molecule has 2 aromatic rings. The van der Waals surface area contributed by atoms with Crippen LogP contribution in [0, 0.1) is 3.57 Å². The molecule has 0 spiro atoms. The van der Waals surface area contributed by atoms with Crippen LogP contribution >= 0.6 is 22.6 Å². The second-order valence-corrected chi connectivity index (χ2v) is 6.21. The molecule has 0 aliphatic heterocycles. The molecular weight excluding hydrogens is 391 g/mol. The number of halogens is 1. The molecule has 0 radical (unpaired) electrons. The predicted octanol–water partition coefficient (Wildman–Crippen LogP) is 3.37. The van der Waals surface area contributed by atoms with Gasteiger partial charge in [0.15, 0.2) is 0 Å². The summed E-state index contributed by atoms with van der Waals surface area (Å²) in [6, 6.07) is 15.6. The van der Waals surface area contributed by atoms with Crippen molar-refractivity contribution in [3.63, 3.8) is 0 Å². The van der Waals surface area contributed by atoms with Crippen molar-refractivity contribution in [2.45, 2.75) is 6.54 Å². The van der Waals surface area contributed by atoms with E-state index in [1.807, 2.05) is 60.5 Å². The van der Waals surface area contributed by atoms with Gasteiger partial charge in [0, 0.05) is 10.1 Å². The van der Waals surface area contributed by atoms with E-state index in [2.05, 4.69) is 27.9 Å². The Kier molecular flexibility index (Phi) is 6.21. The Balaban J connectivity index is 1.87. The molecule has 0 atom stereocenters. The van der Waals surface area contributed by atoms with Gasteiger partial charge in [0.2, 0.25) is 5.91 Å². The van der Waals surface area contributed by atoms with E-state index >= 15 is 0 Å². The van der Waals surface area contributed by atoms with Crippen LogP contribution in [0.5, 0.6) is 5.75 Å². The number of nitrogens with zero attached hydrogens (tertiary/aromatic N) is 1. The average Bonchev–Trinajstić information content (AvgIpc) is 2.50. The van der Waals surface area contributed by atoms with Crippen molar-refractivity contribution in [2.75, 3.05) is 26.0 Å². The lowest BCUT2D eigenvalue weighted by molar-refractivity contribution is -0.117. The van der Waals surface area contributed by atoms with Crippen molar-refractivity contribution in [3.05, 3.63) is 57.7 Å². The number of benzene rings is 2. The SMILES string of the molecule is COc1ccc(CN(C)CC(=O)Nc2ccccc2I)cc1. The van der Waals surface area contributed by atoms with Crippen LogP contribution in [0.3, 0.4) is 0 Å². The van der Waals surface area contributed by atoms with E-state index in [1.54, 1.807) is 7.11 Å². The molecule has 0 fully saturated rings. The van der Waals surface area contributed by atoms with E-state index < -0.39 is 0 Å². The highest BCUT2D eigenvalue weighted by Gasteiger charge is 2.09. The molecule has 0 aliphatic carbocycles. The number of anilines is 1. The van der Waals surface area contributed by atoms with E-state index in [0.29, 0.717) is 13.1 Å². The standard InChI is InChI=1S/C17H19IN2O2/c1-20(11-13-7-9-14(22-2)10-8-13)12-17(21)19-16-6-4-3-5-15(16)18/h3-10H,11-12H2,1-2H3,(H,19,21). The molecule has 0 aliphatic rings. The summed E-state index contributed by atoms with van der Waals surface area (Å²) < 4.78 is 6.17. The van der Waals surface area contributed by atoms with Gasteiger partial charge in [0.05, 0.1) is 19.3 Å². The van der Waals surface area contributed by atoms with Gasteiger partial charge in [0.1, 0.15) is 5.75 Å². The molecule has 2 aromatic carbocycles. The minimum absolute atomic E-state index is 0.0138. The fourth-order valence-corrected chi connectivity index (χ4v) is 2.62. The molecule has 0 bridgehead atoms. The quantitative estimate of drug-likeness (QED) is 0.743. The maximum absolute atomic E-state index is 12.1. The summed E-state index contributed by atoms with van der Waals surface area (Å²) in [7, 11) is 3.58. The summed E-state index contributed by atoms with van der Waals surface area (Å²) in [6.45, 7) is 1.06. The maximum atomic E-state index is 12.1. The Hall–Kier alpha value is -1.60. The third-order valence-corrected chi connectivity index (χ3v) is 4.11. The average molecular weight is 410 g/mol. The maximum Gasteiger partial charge on any atom is 0.238 e. The van der Waals surface area contributed by atoms with Gasteiger partial charge in [-0.2, -0.15) is 0 Å². The molecule has 0 unspecified atom stereocenters. The molecule has 1 N–H and O–H groups in total. The molecule has 2 rings (SSSR count). The fourth-order valence-electron chi connectivity index (χ4n) is 2.10. The van der Waals surface area contributed by atoms with Crippen LogP contribution in [0.2, 0.25) is 0 Å². The number of nitrogens with one attached hydrogen (secondary N) is 1. The number of methoxy groups -OCH3 is 1. The third-order valence-electron chi connectivity index (χ3n) is 3.17. The van der Waals surface area contributed by atoms with Crippen molar-refractivity contribution >= 4 is 34.2 Å². The van der Waals surface area contributed by atoms with Gasteiger partial charge in [-0.3, -0.25) is 9.69 Å². The summed E-state index contributed by atoms with van der Waals surface area (Å²) in [5, 5.41) is 2.94. The molecule has 0 aromatic heterocycles. The van der Waals surface area contributed by atoms with Gasteiger partial charge >= 0.3 is 0 Å². The fraction of sp³-hybridized carbons (Fsp3) is 0.235. The number of likely N-dealkylation sites (N-methyl/N-ethyl adjacent to an activating group) is 1. The second kappa shape index (κ2) is 8.14. The van der Waals surface area contributed by atoms with E-state index in [1.165, 1.54) is 0 Å². The van der Waals surface area contributed by atoms with Gasteiger partial charge < -0.3 is 10.1 Å². The van der Waals surface area contributed by atoms with Crippen LogP contribution in [-0.4, -0.2) is 31.5 Å². The highest BCUT2D eigenvalue weighted by atomic mass is 127. The zero-order valence-corrected chi connectivity index (χ0v) is 14.8. The summed E-state index contributed by atoms with van der Waals surface area (Å²) in [5.74, 6) is 0.822. The molecule has 22 heavy (non-hydrogen) atoms. The van der Waals surface area contributed by atoms with Crippen LogP contribution in [0.25, 0.3) is 0 Å². The lowest BCUT2D eigenvalue weighted by Crippen LogP contribution is -2.30. The van der Waals surface area contributed by atoms with Crippen LogP contribution in [-0.2, 0) is 11.3 Å². The number of amides is 1. The van der Waals surface area contributed by atoms with Gasteiger partial charge in [-0.1, -0.05) is 24.3 Å². The van der Waals surface area contributed by atoms with E-state index in [9.17, 15) is 4.79 Å². The number of rotatable bonds is 6. The molecule has 1 amide bonds. The topological polar surface area (TPSA) is 41.6 Å². The number of carbonyl (C=O) groups excluding carboxylic acids is 1. The molecule has 0 saturated carbocycles. The zero-order chi connectivity index (χ0) is 15.9.